The summed E-state index contributed by atoms with van der Waals surface area (Å²) in [7, 11) is -3.70. The fourth-order valence-electron chi connectivity index (χ4n) is 2.60. The smallest absolute Gasteiger partial charge is 0.331 e. The van der Waals surface area contributed by atoms with Crippen molar-refractivity contribution in [3.63, 3.8) is 0 Å². The SMILES string of the molecule is Cc1ccc(NC(=O)COC(=O)[C@H](C)N=C2NS(=O)(=O)c3ccccc32)cc1Cl. The van der Waals surface area contributed by atoms with E-state index in [-0.39, 0.29) is 10.7 Å². The van der Waals surface area contributed by atoms with Crippen molar-refractivity contribution in [1.82, 2.24) is 4.72 Å². The molecule has 2 N–H and O–H groups in total. The second-order valence-corrected chi connectivity index (χ2v) is 8.43. The van der Waals surface area contributed by atoms with Crippen LogP contribution in [0.15, 0.2) is 52.4 Å². The number of sulfonamides is 1. The van der Waals surface area contributed by atoms with E-state index in [1.165, 1.54) is 13.0 Å². The molecule has 1 aliphatic heterocycles. The average molecular weight is 436 g/mol. The fourth-order valence-corrected chi connectivity index (χ4v) is 4.02. The number of amidine groups is 1. The lowest BCUT2D eigenvalue weighted by Gasteiger charge is -2.10. The van der Waals surface area contributed by atoms with Crippen molar-refractivity contribution >= 4 is 45.0 Å². The van der Waals surface area contributed by atoms with Crippen LogP contribution in [0.1, 0.15) is 18.1 Å². The summed E-state index contributed by atoms with van der Waals surface area (Å²) in [5, 5.41) is 3.08. The van der Waals surface area contributed by atoms with Crippen LogP contribution < -0.4 is 10.0 Å². The number of fused-ring (bicyclic) bond motifs is 1. The molecule has 0 saturated carbocycles. The highest BCUT2D eigenvalue weighted by Crippen LogP contribution is 2.23. The molecule has 0 bridgehead atoms. The van der Waals surface area contributed by atoms with Crippen molar-refractivity contribution in [2.24, 2.45) is 4.99 Å². The lowest BCUT2D eigenvalue weighted by molar-refractivity contribution is -0.148. The topological polar surface area (TPSA) is 114 Å². The number of carbonyl (C=O) groups is 2. The van der Waals surface area contributed by atoms with Gasteiger partial charge in [-0.15, -0.1) is 0 Å². The van der Waals surface area contributed by atoms with Crippen LogP contribution in [0.25, 0.3) is 0 Å². The second-order valence-electron chi connectivity index (χ2n) is 6.38. The Bertz CT molecular complexity index is 1110. The van der Waals surface area contributed by atoms with Gasteiger partial charge >= 0.3 is 5.97 Å². The fraction of sp³-hybridized carbons (Fsp3) is 0.211. The highest BCUT2D eigenvalue weighted by molar-refractivity contribution is 7.90. The van der Waals surface area contributed by atoms with E-state index < -0.39 is 34.5 Å². The van der Waals surface area contributed by atoms with Crippen molar-refractivity contribution in [2.45, 2.75) is 24.8 Å². The van der Waals surface area contributed by atoms with Crippen molar-refractivity contribution < 1.29 is 22.7 Å². The first-order chi connectivity index (χ1) is 13.7. The molecule has 0 spiro atoms. The monoisotopic (exact) mass is 435 g/mol. The van der Waals surface area contributed by atoms with E-state index in [1.54, 1.807) is 36.4 Å². The molecule has 0 aliphatic carbocycles. The molecule has 0 fully saturated rings. The van der Waals surface area contributed by atoms with E-state index in [2.05, 4.69) is 15.0 Å². The quantitative estimate of drug-likeness (QED) is 0.699. The molecule has 0 radical (unpaired) electrons. The number of rotatable bonds is 5. The van der Waals surface area contributed by atoms with Crippen LogP contribution in [0.2, 0.25) is 5.02 Å². The van der Waals surface area contributed by atoms with Gasteiger partial charge in [0.15, 0.2) is 6.61 Å². The molecule has 8 nitrogen and oxygen atoms in total. The van der Waals surface area contributed by atoms with Gasteiger partial charge in [0.05, 0.1) is 4.90 Å². The van der Waals surface area contributed by atoms with Gasteiger partial charge in [0, 0.05) is 16.3 Å². The number of carbonyl (C=O) groups excluding carboxylic acids is 2. The molecule has 0 unspecified atom stereocenters. The van der Waals surface area contributed by atoms with Crippen LogP contribution in [-0.4, -0.2) is 38.8 Å². The van der Waals surface area contributed by atoms with Gasteiger partial charge in [-0.3, -0.25) is 14.5 Å². The van der Waals surface area contributed by atoms with Crippen LogP contribution in [0.3, 0.4) is 0 Å². The largest absolute Gasteiger partial charge is 0.454 e. The molecule has 1 heterocycles. The third kappa shape index (κ3) is 4.75. The number of halogens is 1. The number of anilines is 1. The normalized spacial score (nSPS) is 16.6. The Labute approximate surface area is 173 Å². The number of aryl methyl sites for hydroxylation is 1. The van der Waals surface area contributed by atoms with Gasteiger partial charge in [0.25, 0.3) is 15.9 Å². The summed E-state index contributed by atoms with van der Waals surface area (Å²) in [6.07, 6.45) is 0. The second kappa shape index (κ2) is 8.22. The summed E-state index contributed by atoms with van der Waals surface area (Å²) in [4.78, 5) is 28.3. The van der Waals surface area contributed by atoms with E-state index in [9.17, 15) is 18.0 Å². The standard InChI is InChI=1S/C19H18ClN3O5S/c1-11-7-8-13(9-15(11)20)22-17(24)10-28-19(25)12(2)21-18-14-5-3-4-6-16(14)29(26,27)23-18/h3-9,12H,10H2,1-2H3,(H,21,23)(H,22,24)/t12-/m0/s1. The average Bonchev–Trinajstić information content (AvgIpc) is 2.93. The summed E-state index contributed by atoms with van der Waals surface area (Å²) < 4.78 is 31.4. The summed E-state index contributed by atoms with van der Waals surface area (Å²) in [6.45, 7) is 2.77. The number of ether oxygens (including phenoxy) is 1. The minimum atomic E-state index is -3.70. The van der Waals surface area contributed by atoms with Crippen LogP contribution in [0, 0.1) is 6.92 Å². The predicted octanol–water partition coefficient (Wildman–Crippen LogP) is 2.26. The Kier molecular flexibility index (Phi) is 5.90. The Morgan fingerprint density at radius 2 is 1.97 bits per heavy atom. The van der Waals surface area contributed by atoms with E-state index >= 15 is 0 Å². The van der Waals surface area contributed by atoms with Gasteiger partial charge in [-0.25, -0.2) is 13.2 Å². The Morgan fingerprint density at radius 1 is 1.24 bits per heavy atom. The lowest BCUT2D eigenvalue weighted by Crippen LogP contribution is -2.28. The summed E-state index contributed by atoms with van der Waals surface area (Å²) >= 11 is 6.00. The van der Waals surface area contributed by atoms with Crippen molar-refractivity contribution in [3.8, 4) is 0 Å². The summed E-state index contributed by atoms with van der Waals surface area (Å²) in [5.74, 6) is -1.24. The predicted molar refractivity (Wildman–Crippen MR) is 109 cm³/mol. The first-order valence-corrected chi connectivity index (χ1v) is 10.5. The number of nitrogens with one attached hydrogen (secondary N) is 2. The molecular formula is C19H18ClN3O5S. The molecule has 2 aromatic carbocycles. The van der Waals surface area contributed by atoms with Crippen LogP contribution in [-0.2, 0) is 24.3 Å². The Hall–Kier alpha value is -2.91. The van der Waals surface area contributed by atoms with Gasteiger partial charge in [-0.2, -0.15) is 0 Å². The number of hydrogen-bond acceptors (Lipinski definition) is 6. The highest BCUT2D eigenvalue weighted by atomic mass is 35.5. The highest BCUT2D eigenvalue weighted by Gasteiger charge is 2.31. The molecule has 29 heavy (non-hydrogen) atoms. The molecule has 0 saturated heterocycles. The first kappa shape index (κ1) is 20.8. The van der Waals surface area contributed by atoms with E-state index in [0.29, 0.717) is 16.3 Å². The molecule has 1 aliphatic rings. The molecule has 3 rings (SSSR count). The van der Waals surface area contributed by atoms with Gasteiger partial charge in [-0.05, 0) is 43.7 Å². The lowest BCUT2D eigenvalue weighted by atomic mass is 10.2. The summed E-state index contributed by atoms with van der Waals surface area (Å²) in [5.41, 5.74) is 1.72. The maximum absolute atomic E-state index is 12.2. The third-order valence-electron chi connectivity index (χ3n) is 4.13. The maximum atomic E-state index is 12.2. The zero-order valence-corrected chi connectivity index (χ0v) is 17.2. The Balaban J connectivity index is 1.60. The number of aliphatic imine (C=N–C) groups is 1. The number of benzene rings is 2. The first-order valence-electron chi connectivity index (χ1n) is 8.60. The van der Waals surface area contributed by atoms with Crippen molar-refractivity contribution in [1.29, 1.82) is 0 Å². The van der Waals surface area contributed by atoms with Gasteiger partial charge in [0.2, 0.25) is 0 Å². The minimum Gasteiger partial charge on any atom is -0.454 e. The molecule has 152 valence electrons. The third-order valence-corrected chi connectivity index (χ3v) is 5.93. The van der Waals surface area contributed by atoms with Crippen LogP contribution in [0.4, 0.5) is 5.69 Å². The molecule has 2 aromatic rings. The zero-order valence-electron chi connectivity index (χ0n) is 15.6. The van der Waals surface area contributed by atoms with Gasteiger partial charge in [-0.1, -0.05) is 29.8 Å². The van der Waals surface area contributed by atoms with Crippen LogP contribution in [0.5, 0.6) is 0 Å². The van der Waals surface area contributed by atoms with Crippen molar-refractivity contribution in [2.75, 3.05) is 11.9 Å². The van der Waals surface area contributed by atoms with E-state index in [0.717, 1.165) is 5.56 Å². The Morgan fingerprint density at radius 3 is 2.69 bits per heavy atom. The van der Waals surface area contributed by atoms with Gasteiger partial charge < -0.3 is 10.1 Å². The molecular weight excluding hydrogens is 418 g/mol. The molecule has 0 aromatic heterocycles. The zero-order chi connectivity index (χ0) is 21.2. The van der Waals surface area contributed by atoms with E-state index in [1.807, 2.05) is 6.92 Å². The number of amides is 1. The van der Waals surface area contributed by atoms with Crippen LogP contribution >= 0.6 is 11.6 Å². The maximum Gasteiger partial charge on any atom is 0.331 e. The van der Waals surface area contributed by atoms with E-state index in [4.69, 9.17) is 16.3 Å². The number of hydrogen-bond donors (Lipinski definition) is 2. The summed E-state index contributed by atoms with van der Waals surface area (Å²) in [6, 6.07) is 10.3. The molecule has 1 atom stereocenters. The molecule has 10 heteroatoms. The molecule has 1 amide bonds. The number of esters is 1. The van der Waals surface area contributed by atoms with Gasteiger partial charge in [0.1, 0.15) is 11.9 Å². The van der Waals surface area contributed by atoms with Crippen molar-refractivity contribution in [3.05, 3.63) is 58.6 Å². The minimum absolute atomic E-state index is 0.0591. The number of nitrogens with zero attached hydrogens (tertiary/aromatic N) is 1.